The number of halogens is 1. The molecule has 0 radical (unpaired) electrons. The largest absolute Gasteiger partial charge is 0.493 e. The van der Waals surface area contributed by atoms with E-state index in [0.717, 1.165) is 9.87 Å². The summed E-state index contributed by atoms with van der Waals surface area (Å²) < 4.78 is 39.8. The maximum absolute atomic E-state index is 14.1. The topological polar surface area (TPSA) is 105 Å². The van der Waals surface area contributed by atoms with Crippen molar-refractivity contribution in [2.45, 2.75) is 57.6 Å². The molecule has 0 heterocycles. The molecule has 0 unspecified atom stereocenters. The van der Waals surface area contributed by atoms with Crippen molar-refractivity contribution in [3.8, 4) is 11.5 Å². The van der Waals surface area contributed by atoms with Crippen molar-refractivity contribution in [1.82, 2.24) is 10.2 Å². The predicted molar refractivity (Wildman–Crippen MR) is 165 cm³/mol. The fraction of sp³-hybridized carbons (Fsp3) is 0.355. The lowest BCUT2D eigenvalue weighted by Crippen LogP contribution is -2.52. The van der Waals surface area contributed by atoms with Crippen molar-refractivity contribution in [2.24, 2.45) is 0 Å². The molecule has 0 aromatic heterocycles. The van der Waals surface area contributed by atoms with Crippen molar-refractivity contribution in [3.63, 3.8) is 0 Å². The number of sulfonamides is 1. The summed E-state index contributed by atoms with van der Waals surface area (Å²) in [5.41, 5.74) is 1.92. The second kappa shape index (κ2) is 14.4. The van der Waals surface area contributed by atoms with Gasteiger partial charge in [-0.25, -0.2) is 8.42 Å². The molecule has 3 rings (SSSR count). The summed E-state index contributed by atoms with van der Waals surface area (Å²) in [6, 6.07) is 17.0. The van der Waals surface area contributed by atoms with Gasteiger partial charge in [-0.3, -0.25) is 13.9 Å². The average Bonchev–Trinajstić information content (AvgIpc) is 2.98. The molecule has 2 atom stereocenters. The van der Waals surface area contributed by atoms with Crippen molar-refractivity contribution >= 4 is 39.1 Å². The molecule has 9 nitrogen and oxygen atoms in total. The Morgan fingerprint density at radius 1 is 0.952 bits per heavy atom. The zero-order valence-corrected chi connectivity index (χ0v) is 26.3. The molecule has 0 spiro atoms. The Labute approximate surface area is 253 Å². The minimum Gasteiger partial charge on any atom is -0.493 e. The second-order valence-corrected chi connectivity index (χ2v) is 12.3. The second-order valence-electron chi connectivity index (χ2n) is 10.0. The Morgan fingerprint density at radius 3 is 2.21 bits per heavy atom. The van der Waals surface area contributed by atoms with E-state index in [9.17, 15) is 18.0 Å². The molecule has 3 aromatic rings. The number of carbonyl (C=O) groups excluding carboxylic acids is 2. The van der Waals surface area contributed by atoms with E-state index in [0.29, 0.717) is 28.4 Å². The first-order valence-electron chi connectivity index (χ1n) is 13.6. The molecule has 0 aliphatic heterocycles. The third-order valence-electron chi connectivity index (χ3n) is 6.95. The van der Waals surface area contributed by atoms with Crippen LogP contribution >= 0.6 is 11.6 Å². The van der Waals surface area contributed by atoms with Crippen LogP contribution in [0.5, 0.6) is 11.5 Å². The lowest BCUT2D eigenvalue weighted by atomic mass is 10.1. The quantitative estimate of drug-likeness (QED) is 0.284. The Hall–Kier alpha value is -3.76. The van der Waals surface area contributed by atoms with E-state index >= 15 is 0 Å². The molecule has 226 valence electrons. The highest BCUT2D eigenvalue weighted by atomic mass is 35.5. The van der Waals surface area contributed by atoms with Crippen LogP contribution in [0.15, 0.2) is 71.6 Å². The number of amides is 2. The summed E-state index contributed by atoms with van der Waals surface area (Å²) in [4.78, 5) is 28.5. The smallest absolute Gasteiger partial charge is 0.264 e. The summed E-state index contributed by atoms with van der Waals surface area (Å²) in [5, 5.41) is 3.40. The maximum Gasteiger partial charge on any atom is 0.264 e. The van der Waals surface area contributed by atoms with Crippen LogP contribution < -0.4 is 19.1 Å². The minimum atomic E-state index is -4.27. The van der Waals surface area contributed by atoms with Gasteiger partial charge in [0.1, 0.15) is 12.6 Å². The summed E-state index contributed by atoms with van der Waals surface area (Å²) in [6.45, 7) is 6.82. The van der Waals surface area contributed by atoms with Gasteiger partial charge in [-0.1, -0.05) is 48.4 Å². The van der Waals surface area contributed by atoms with Gasteiger partial charge in [0.25, 0.3) is 10.0 Å². The van der Waals surface area contributed by atoms with E-state index in [1.54, 1.807) is 55.5 Å². The minimum absolute atomic E-state index is 0.0482. The van der Waals surface area contributed by atoms with Gasteiger partial charge >= 0.3 is 0 Å². The maximum atomic E-state index is 14.1. The summed E-state index contributed by atoms with van der Waals surface area (Å²) in [6.07, 6.45) is 0.714. The number of benzene rings is 3. The summed E-state index contributed by atoms with van der Waals surface area (Å²) in [5.74, 6) is -0.314. The zero-order chi connectivity index (χ0) is 31.0. The summed E-state index contributed by atoms with van der Waals surface area (Å²) in [7, 11) is -1.41. The van der Waals surface area contributed by atoms with Gasteiger partial charge in [0.2, 0.25) is 11.8 Å². The van der Waals surface area contributed by atoms with Gasteiger partial charge in [0.15, 0.2) is 11.5 Å². The van der Waals surface area contributed by atoms with Crippen LogP contribution in [-0.2, 0) is 26.2 Å². The molecule has 0 fully saturated rings. The number of aryl methyl sites for hydroxylation is 1. The molecular formula is C31H38ClN3O6S. The number of hydrogen-bond donors (Lipinski definition) is 1. The highest BCUT2D eigenvalue weighted by molar-refractivity contribution is 7.92. The Kier molecular flexibility index (Phi) is 11.2. The van der Waals surface area contributed by atoms with Gasteiger partial charge in [-0.05, 0) is 69.2 Å². The van der Waals surface area contributed by atoms with Crippen LogP contribution in [0.25, 0.3) is 0 Å². The fourth-order valence-corrected chi connectivity index (χ4v) is 5.87. The number of nitrogens with one attached hydrogen (secondary N) is 1. The Morgan fingerprint density at radius 2 is 1.62 bits per heavy atom. The molecule has 0 saturated carbocycles. The number of rotatable bonds is 13. The van der Waals surface area contributed by atoms with Gasteiger partial charge in [0, 0.05) is 23.7 Å². The van der Waals surface area contributed by atoms with E-state index in [4.69, 9.17) is 21.1 Å². The average molecular weight is 616 g/mol. The molecule has 42 heavy (non-hydrogen) atoms. The zero-order valence-electron chi connectivity index (χ0n) is 24.8. The molecule has 0 aliphatic rings. The lowest BCUT2D eigenvalue weighted by Gasteiger charge is -2.32. The van der Waals surface area contributed by atoms with Crippen molar-refractivity contribution in [3.05, 3.63) is 82.9 Å². The monoisotopic (exact) mass is 615 g/mol. The normalized spacial score (nSPS) is 12.6. The van der Waals surface area contributed by atoms with E-state index in [1.165, 1.54) is 37.3 Å². The molecule has 0 bridgehead atoms. The van der Waals surface area contributed by atoms with Crippen molar-refractivity contribution in [2.75, 3.05) is 25.1 Å². The van der Waals surface area contributed by atoms with Crippen LogP contribution in [0.1, 0.15) is 38.3 Å². The first-order chi connectivity index (χ1) is 19.9. The van der Waals surface area contributed by atoms with Crippen molar-refractivity contribution in [1.29, 1.82) is 0 Å². The number of ether oxygens (including phenoxy) is 2. The number of anilines is 1. The Bertz CT molecular complexity index is 1500. The summed E-state index contributed by atoms with van der Waals surface area (Å²) >= 11 is 6.20. The SMILES string of the molecule is CC[C@@H](C)NC(=O)[C@@H](C)N(Cc1cccc(Cl)c1)C(=O)CN(c1ccc(C)cc1)S(=O)(=O)c1ccc(OC)c(OC)c1. The van der Waals surface area contributed by atoms with E-state index in [1.807, 2.05) is 20.8 Å². The van der Waals surface area contributed by atoms with Crippen LogP contribution in [0.2, 0.25) is 5.02 Å². The highest BCUT2D eigenvalue weighted by Gasteiger charge is 2.33. The van der Waals surface area contributed by atoms with E-state index in [2.05, 4.69) is 5.32 Å². The highest BCUT2D eigenvalue weighted by Crippen LogP contribution is 2.32. The first-order valence-corrected chi connectivity index (χ1v) is 15.4. The van der Waals surface area contributed by atoms with Gasteiger partial charge in [0.05, 0.1) is 24.8 Å². The number of methoxy groups -OCH3 is 2. The molecular weight excluding hydrogens is 578 g/mol. The first kappa shape index (κ1) is 32.8. The molecule has 3 aromatic carbocycles. The molecule has 0 saturated heterocycles. The third-order valence-corrected chi connectivity index (χ3v) is 8.96. The van der Waals surface area contributed by atoms with Gasteiger partial charge in [-0.2, -0.15) is 0 Å². The van der Waals surface area contributed by atoms with Crippen molar-refractivity contribution < 1.29 is 27.5 Å². The van der Waals surface area contributed by atoms with Gasteiger partial charge < -0.3 is 19.7 Å². The molecule has 11 heteroatoms. The van der Waals surface area contributed by atoms with Crippen LogP contribution in [-0.4, -0.2) is 58.0 Å². The molecule has 1 N–H and O–H groups in total. The standard InChI is InChI=1S/C31H38ClN3O6S/c1-7-22(3)33-31(37)23(4)34(19-24-9-8-10-25(32)17-24)30(36)20-35(26-13-11-21(2)12-14-26)42(38,39)27-15-16-28(40-5)29(18-27)41-6/h8-18,22-23H,7,19-20H2,1-6H3,(H,33,37)/t22-,23-/m1/s1. The number of hydrogen-bond acceptors (Lipinski definition) is 6. The van der Waals surface area contributed by atoms with E-state index < -0.39 is 28.5 Å². The van der Waals surface area contributed by atoms with Crippen LogP contribution in [0.3, 0.4) is 0 Å². The van der Waals surface area contributed by atoms with Crippen LogP contribution in [0.4, 0.5) is 5.69 Å². The van der Waals surface area contributed by atoms with Crippen LogP contribution in [0, 0.1) is 6.92 Å². The fourth-order valence-electron chi connectivity index (χ4n) is 4.22. The van der Waals surface area contributed by atoms with E-state index in [-0.39, 0.29) is 29.1 Å². The third kappa shape index (κ3) is 7.95. The lowest BCUT2D eigenvalue weighted by molar-refractivity contribution is -0.139. The van der Waals surface area contributed by atoms with Gasteiger partial charge in [-0.15, -0.1) is 0 Å². The molecule has 2 amide bonds. The number of nitrogens with zero attached hydrogens (tertiary/aromatic N) is 2. The predicted octanol–water partition coefficient (Wildman–Crippen LogP) is 5.19. The Balaban J connectivity index is 2.06. The molecule has 0 aliphatic carbocycles. The number of carbonyl (C=O) groups is 2.